The van der Waals surface area contributed by atoms with Gasteiger partial charge in [0.15, 0.2) is 0 Å². The maximum absolute atomic E-state index is 12.4. The van der Waals surface area contributed by atoms with E-state index in [0.717, 1.165) is 36.5 Å². The van der Waals surface area contributed by atoms with Crippen LogP contribution in [0, 0.1) is 6.92 Å². The molecular formula is C16H18N2O2S. The highest BCUT2D eigenvalue weighted by molar-refractivity contribution is 7.11. The zero-order valence-corrected chi connectivity index (χ0v) is 12.8. The largest absolute Gasteiger partial charge is 0.508 e. The molecule has 1 amide bonds. The highest BCUT2D eigenvalue weighted by atomic mass is 32.1. The zero-order valence-electron chi connectivity index (χ0n) is 12.0. The number of thiazole rings is 1. The number of phenols is 1. The topological polar surface area (TPSA) is 53.4 Å². The second-order valence-corrected chi connectivity index (χ2v) is 6.28. The SMILES string of the molecule is Cc1ncsc1C(=O)N1CCC(c2ccc(O)cc2)CC1. The Morgan fingerprint density at radius 3 is 2.52 bits per heavy atom. The number of aryl methyl sites for hydroxylation is 1. The normalized spacial score (nSPS) is 16.1. The van der Waals surface area contributed by atoms with Crippen molar-refractivity contribution >= 4 is 17.2 Å². The molecule has 1 aliphatic rings. The summed E-state index contributed by atoms with van der Waals surface area (Å²) in [6.45, 7) is 3.44. The van der Waals surface area contributed by atoms with E-state index in [1.807, 2.05) is 24.0 Å². The lowest BCUT2D eigenvalue weighted by Crippen LogP contribution is -2.37. The van der Waals surface area contributed by atoms with E-state index in [1.54, 1.807) is 17.6 Å². The van der Waals surface area contributed by atoms with E-state index >= 15 is 0 Å². The lowest BCUT2D eigenvalue weighted by Gasteiger charge is -2.32. The molecule has 21 heavy (non-hydrogen) atoms. The van der Waals surface area contributed by atoms with E-state index in [9.17, 15) is 9.90 Å². The first-order valence-corrected chi connectivity index (χ1v) is 8.01. The summed E-state index contributed by atoms with van der Waals surface area (Å²) in [5.41, 5.74) is 3.80. The van der Waals surface area contributed by atoms with Crippen molar-refractivity contribution in [1.29, 1.82) is 0 Å². The molecule has 0 saturated carbocycles. The van der Waals surface area contributed by atoms with Gasteiger partial charge in [-0.3, -0.25) is 4.79 Å². The predicted molar refractivity (Wildman–Crippen MR) is 82.8 cm³/mol. The summed E-state index contributed by atoms with van der Waals surface area (Å²) >= 11 is 1.42. The number of rotatable bonds is 2. The quantitative estimate of drug-likeness (QED) is 0.927. The molecule has 110 valence electrons. The van der Waals surface area contributed by atoms with Gasteiger partial charge in [0.1, 0.15) is 10.6 Å². The van der Waals surface area contributed by atoms with Gasteiger partial charge in [0.2, 0.25) is 0 Å². The second kappa shape index (κ2) is 5.85. The number of hydrogen-bond acceptors (Lipinski definition) is 4. The highest BCUT2D eigenvalue weighted by Crippen LogP contribution is 2.30. The van der Waals surface area contributed by atoms with E-state index in [0.29, 0.717) is 11.7 Å². The summed E-state index contributed by atoms with van der Waals surface area (Å²) in [5.74, 6) is 0.878. The molecule has 1 aliphatic heterocycles. The van der Waals surface area contributed by atoms with Gasteiger partial charge in [-0.05, 0) is 43.4 Å². The van der Waals surface area contributed by atoms with Crippen molar-refractivity contribution in [2.24, 2.45) is 0 Å². The van der Waals surface area contributed by atoms with Crippen LogP contribution in [0.2, 0.25) is 0 Å². The first kappa shape index (κ1) is 14.1. The fraction of sp³-hybridized carbons (Fsp3) is 0.375. The number of amides is 1. The van der Waals surface area contributed by atoms with Crippen molar-refractivity contribution in [3.8, 4) is 5.75 Å². The van der Waals surface area contributed by atoms with Crippen LogP contribution in [0.1, 0.15) is 39.7 Å². The van der Waals surface area contributed by atoms with Gasteiger partial charge >= 0.3 is 0 Å². The van der Waals surface area contributed by atoms with Gasteiger partial charge in [-0.2, -0.15) is 0 Å². The number of aromatic hydroxyl groups is 1. The molecular weight excluding hydrogens is 284 g/mol. The molecule has 5 heteroatoms. The van der Waals surface area contributed by atoms with Gasteiger partial charge in [-0.1, -0.05) is 12.1 Å². The van der Waals surface area contributed by atoms with Crippen molar-refractivity contribution in [3.63, 3.8) is 0 Å². The van der Waals surface area contributed by atoms with Gasteiger partial charge in [-0.15, -0.1) is 11.3 Å². The van der Waals surface area contributed by atoms with E-state index in [2.05, 4.69) is 4.98 Å². The number of carbonyl (C=O) groups is 1. The summed E-state index contributed by atoms with van der Waals surface area (Å²) < 4.78 is 0. The molecule has 0 radical (unpaired) electrons. The Morgan fingerprint density at radius 2 is 1.95 bits per heavy atom. The Bertz CT molecular complexity index is 628. The van der Waals surface area contributed by atoms with Crippen molar-refractivity contribution < 1.29 is 9.90 Å². The predicted octanol–water partition coefficient (Wildman–Crippen LogP) is 3.18. The van der Waals surface area contributed by atoms with E-state index in [-0.39, 0.29) is 5.91 Å². The van der Waals surface area contributed by atoms with Crippen LogP contribution < -0.4 is 0 Å². The minimum absolute atomic E-state index is 0.110. The third kappa shape index (κ3) is 2.93. The molecule has 3 rings (SSSR count). The van der Waals surface area contributed by atoms with Gasteiger partial charge < -0.3 is 10.0 Å². The monoisotopic (exact) mass is 302 g/mol. The number of aromatic nitrogens is 1. The minimum atomic E-state index is 0.110. The van der Waals surface area contributed by atoms with Gasteiger partial charge in [-0.25, -0.2) is 4.98 Å². The Hall–Kier alpha value is -1.88. The average molecular weight is 302 g/mol. The van der Waals surface area contributed by atoms with Gasteiger partial charge in [0.25, 0.3) is 5.91 Å². The van der Waals surface area contributed by atoms with Gasteiger partial charge in [0, 0.05) is 13.1 Å². The molecule has 2 heterocycles. The smallest absolute Gasteiger partial charge is 0.265 e. The van der Waals surface area contributed by atoms with Crippen molar-refractivity contribution in [3.05, 3.63) is 45.9 Å². The number of hydrogen-bond donors (Lipinski definition) is 1. The first-order chi connectivity index (χ1) is 10.1. The van der Waals surface area contributed by atoms with Crippen LogP contribution in [0.3, 0.4) is 0 Å². The molecule has 1 aromatic heterocycles. The summed E-state index contributed by atoms with van der Waals surface area (Å²) in [7, 11) is 0. The molecule has 0 atom stereocenters. The van der Waals surface area contributed by atoms with Crippen LogP contribution in [0.5, 0.6) is 5.75 Å². The van der Waals surface area contributed by atoms with Crippen LogP contribution in [-0.2, 0) is 0 Å². The minimum Gasteiger partial charge on any atom is -0.508 e. The van der Waals surface area contributed by atoms with Crippen LogP contribution in [-0.4, -0.2) is 34.0 Å². The molecule has 1 N–H and O–H groups in total. The third-order valence-corrected chi connectivity index (χ3v) is 5.00. The first-order valence-electron chi connectivity index (χ1n) is 7.13. The van der Waals surface area contributed by atoms with Crippen molar-refractivity contribution in [2.75, 3.05) is 13.1 Å². The Balaban J connectivity index is 1.64. The molecule has 0 spiro atoms. The molecule has 2 aromatic rings. The average Bonchev–Trinajstić information content (AvgIpc) is 2.94. The molecule has 0 bridgehead atoms. The molecule has 0 unspecified atom stereocenters. The number of phenolic OH excluding ortho intramolecular Hbond substituents is 1. The van der Waals surface area contributed by atoms with E-state index < -0.39 is 0 Å². The number of likely N-dealkylation sites (tertiary alicyclic amines) is 1. The molecule has 1 aromatic carbocycles. The Morgan fingerprint density at radius 1 is 1.29 bits per heavy atom. The molecule has 0 aliphatic carbocycles. The maximum atomic E-state index is 12.4. The van der Waals surface area contributed by atoms with E-state index in [4.69, 9.17) is 0 Å². The third-order valence-electron chi connectivity index (χ3n) is 4.09. The number of benzene rings is 1. The highest BCUT2D eigenvalue weighted by Gasteiger charge is 2.26. The molecule has 1 fully saturated rings. The van der Waals surface area contributed by atoms with Crippen LogP contribution in [0.4, 0.5) is 0 Å². The maximum Gasteiger partial charge on any atom is 0.265 e. The van der Waals surface area contributed by atoms with Crippen molar-refractivity contribution in [2.45, 2.75) is 25.7 Å². The Kier molecular flexibility index (Phi) is 3.92. The lowest BCUT2D eigenvalue weighted by molar-refractivity contribution is 0.0717. The summed E-state index contributed by atoms with van der Waals surface area (Å²) in [6.07, 6.45) is 1.93. The summed E-state index contributed by atoms with van der Waals surface area (Å²) in [6, 6.07) is 7.41. The van der Waals surface area contributed by atoms with Crippen molar-refractivity contribution in [1.82, 2.24) is 9.88 Å². The Labute approximate surface area is 128 Å². The number of piperidine rings is 1. The van der Waals surface area contributed by atoms with Crippen LogP contribution in [0.15, 0.2) is 29.8 Å². The zero-order chi connectivity index (χ0) is 14.8. The summed E-state index contributed by atoms with van der Waals surface area (Å²) in [4.78, 5) is 19.3. The van der Waals surface area contributed by atoms with Gasteiger partial charge in [0.05, 0.1) is 11.2 Å². The number of carbonyl (C=O) groups excluding carboxylic acids is 1. The lowest BCUT2D eigenvalue weighted by atomic mass is 9.89. The van der Waals surface area contributed by atoms with Crippen LogP contribution >= 0.6 is 11.3 Å². The second-order valence-electron chi connectivity index (χ2n) is 5.42. The van der Waals surface area contributed by atoms with Crippen LogP contribution in [0.25, 0.3) is 0 Å². The molecule has 4 nitrogen and oxygen atoms in total. The fourth-order valence-electron chi connectivity index (χ4n) is 2.81. The standard InChI is InChI=1S/C16H18N2O2S/c1-11-15(21-10-17-11)16(20)18-8-6-13(7-9-18)12-2-4-14(19)5-3-12/h2-5,10,13,19H,6-9H2,1H3. The number of nitrogens with zero attached hydrogens (tertiary/aromatic N) is 2. The summed E-state index contributed by atoms with van der Waals surface area (Å²) in [5, 5.41) is 9.34. The molecule has 1 saturated heterocycles. The van der Waals surface area contributed by atoms with E-state index in [1.165, 1.54) is 16.9 Å². The fourth-order valence-corrected chi connectivity index (χ4v) is 3.58.